The van der Waals surface area contributed by atoms with E-state index in [1.54, 1.807) is 6.20 Å². The molecular weight excluding hydrogens is 104 g/mol. The number of hydrogen-bond donors (Lipinski definition) is 2. The normalized spacial score (nSPS) is 10.5. The second-order valence-electron chi connectivity index (χ2n) is 1.29. The van der Waals surface area contributed by atoms with E-state index in [2.05, 4.69) is 16.7 Å². The quantitative estimate of drug-likeness (QED) is 0.414. The zero-order valence-electron chi connectivity index (χ0n) is 4.85. The molecule has 0 radical (unpaired) electrons. The lowest BCUT2D eigenvalue weighted by Gasteiger charge is -1.95. The molecule has 0 saturated heterocycles. The Hall–Kier alpha value is -0.960. The van der Waals surface area contributed by atoms with E-state index in [9.17, 15) is 0 Å². The SMILES string of the molecule is C=CN/C(C)=C\ON. The predicted molar refractivity (Wildman–Crippen MR) is 32.4 cm³/mol. The second-order valence-corrected chi connectivity index (χ2v) is 1.29. The lowest BCUT2D eigenvalue weighted by molar-refractivity contribution is 0.256. The van der Waals surface area contributed by atoms with Gasteiger partial charge >= 0.3 is 0 Å². The molecule has 0 saturated carbocycles. The maximum absolute atomic E-state index is 4.71. The van der Waals surface area contributed by atoms with Gasteiger partial charge in [0.1, 0.15) is 6.26 Å². The van der Waals surface area contributed by atoms with Crippen molar-refractivity contribution in [3.05, 3.63) is 24.7 Å². The Balaban J connectivity index is 3.44. The fourth-order valence-corrected chi connectivity index (χ4v) is 0.297. The van der Waals surface area contributed by atoms with Gasteiger partial charge in [-0.05, 0) is 13.1 Å². The van der Waals surface area contributed by atoms with Crippen molar-refractivity contribution in [3.63, 3.8) is 0 Å². The van der Waals surface area contributed by atoms with Gasteiger partial charge in [-0.25, -0.2) is 0 Å². The molecule has 0 spiro atoms. The van der Waals surface area contributed by atoms with Crippen molar-refractivity contribution < 1.29 is 4.84 Å². The molecule has 3 heteroatoms. The third-order valence-electron chi connectivity index (χ3n) is 0.575. The highest BCUT2D eigenvalue weighted by molar-refractivity contribution is 4.93. The van der Waals surface area contributed by atoms with E-state index in [1.807, 2.05) is 6.92 Å². The van der Waals surface area contributed by atoms with E-state index in [-0.39, 0.29) is 0 Å². The fourth-order valence-electron chi connectivity index (χ4n) is 0.297. The number of nitrogens with one attached hydrogen (secondary N) is 1. The smallest absolute Gasteiger partial charge is 0.129 e. The van der Waals surface area contributed by atoms with E-state index in [4.69, 9.17) is 5.90 Å². The van der Waals surface area contributed by atoms with Crippen LogP contribution in [0.25, 0.3) is 0 Å². The molecule has 0 unspecified atom stereocenters. The zero-order valence-corrected chi connectivity index (χ0v) is 4.85. The van der Waals surface area contributed by atoms with Crippen molar-refractivity contribution in [2.75, 3.05) is 0 Å². The van der Waals surface area contributed by atoms with Gasteiger partial charge in [0.2, 0.25) is 0 Å². The molecule has 3 nitrogen and oxygen atoms in total. The van der Waals surface area contributed by atoms with Crippen molar-refractivity contribution in [1.82, 2.24) is 5.32 Å². The van der Waals surface area contributed by atoms with Crippen molar-refractivity contribution in [3.8, 4) is 0 Å². The highest BCUT2D eigenvalue weighted by atomic mass is 16.6. The van der Waals surface area contributed by atoms with Crippen LogP contribution < -0.4 is 11.2 Å². The van der Waals surface area contributed by atoms with Crippen LogP contribution in [0.15, 0.2) is 24.7 Å². The van der Waals surface area contributed by atoms with E-state index in [0.717, 1.165) is 5.70 Å². The summed E-state index contributed by atoms with van der Waals surface area (Å²) in [5.74, 6) is 4.71. The van der Waals surface area contributed by atoms with Crippen molar-refractivity contribution in [2.24, 2.45) is 5.90 Å². The van der Waals surface area contributed by atoms with E-state index in [1.165, 1.54) is 6.26 Å². The molecule has 0 aromatic heterocycles. The van der Waals surface area contributed by atoms with E-state index in [0.29, 0.717) is 0 Å². The van der Waals surface area contributed by atoms with E-state index >= 15 is 0 Å². The van der Waals surface area contributed by atoms with Crippen LogP contribution in [0, 0.1) is 0 Å². The summed E-state index contributed by atoms with van der Waals surface area (Å²) >= 11 is 0. The minimum Gasteiger partial charge on any atom is -0.417 e. The number of nitrogens with two attached hydrogens (primary N) is 1. The first-order chi connectivity index (χ1) is 3.81. The standard InChI is InChI=1S/C5H10N2O/c1-3-7-5(2)4-8-6/h3-4,7H,1,6H2,2H3/b5-4-. The molecular formula is C5H10N2O. The van der Waals surface area contributed by atoms with E-state index < -0.39 is 0 Å². The summed E-state index contributed by atoms with van der Waals surface area (Å²) in [6.45, 7) is 5.25. The lowest BCUT2D eigenvalue weighted by atomic mass is 10.5. The lowest BCUT2D eigenvalue weighted by Crippen LogP contribution is -2.02. The molecule has 46 valence electrons. The Kier molecular flexibility index (Phi) is 3.70. The summed E-state index contributed by atoms with van der Waals surface area (Å²) in [7, 11) is 0. The summed E-state index contributed by atoms with van der Waals surface area (Å²) in [5.41, 5.74) is 0.822. The Morgan fingerprint density at radius 1 is 1.88 bits per heavy atom. The Morgan fingerprint density at radius 3 is 2.88 bits per heavy atom. The van der Waals surface area contributed by atoms with Crippen molar-refractivity contribution in [1.29, 1.82) is 0 Å². The van der Waals surface area contributed by atoms with Gasteiger partial charge in [-0.1, -0.05) is 6.58 Å². The van der Waals surface area contributed by atoms with Crippen LogP contribution in [0.1, 0.15) is 6.92 Å². The van der Waals surface area contributed by atoms with Crippen molar-refractivity contribution >= 4 is 0 Å². The average molecular weight is 114 g/mol. The molecule has 0 aliphatic rings. The van der Waals surface area contributed by atoms with Crippen LogP contribution >= 0.6 is 0 Å². The van der Waals surface area contributed by atoms with Crippen molar-refractivity contribution in [2.45, 2.75) is 6.92 Å². The summed E-state index contributed by atoms with van der Waals surface area (Å²) in [6, 6.07) is 0. The van der Waals surface area contributed by atoms with Crippen LogP contribution in [0.4, 0.5) is 0 Å². The van der Waals surface area contributed by atoms with Gasteiger partial charge in [0, 0.05) is 5.70 Å². The Bertz CT molecular complexity index is 98.6. The number of allylic oxidation sites excluding steroid dienone is 1. The molecule has 3 N–H and O–H groups in total. The largest absolute Gasteiger partial charge is 0.417 e. The first-order valence-corrected chi connectivity index (χ1v) is 2.21. The first kappa shape index (κ1) is 7.04. The maximum atomic E-state index is 4.71. The minimum atomic E-state index is 0.822. The zero-order chi connectivity index (χ0) is 6.41. The maximum Gasteiger partial charge on any atom is 0.129 e. The molecule has 0 aromatic carbocycles. The Labute approximate surface area is 48.8 Å². The molecule has 0 fully saturated rings. The van der Waals surface area contributed by atoms with Crippen LogP contribution in [0.3, 0.4) is 0 Å². The second kappa shape index (κ2) is 4.21. The molecule has 8 heavy (non-hydrogen) atoms. The number of rotatable bonds is 3. The van der Waals surface area contributed by atoms with Gasteiger partial charge in [0.05, 0.1) is 0 Å². The predicted octanol–water partition coefficient (Wildman–Crippen LogP) is 0.471. The highest BCUT2D eigenvalue weighted by Crippen LogP contribution is 1.82. The van der Waals surface area contributed by atoms with Gasteiger partial charge in [-0.2, -0.15) is 5.90 Å². The third-order valence-corrected chi connectivity index (χ3v) is 0.575. The van der Waals surface area contributed by atoms with Gasteiger partial charge in [-0.15, -0.1) is 0 Å². The molecule has 0 rings (SSSR count). The topological polar surface area (TPSA) is 47.3 Å². The third kappa shape index (κ3) is 3.24. The Morgan fingerprint density at radius 2 is 2.50 bits per heavy atom. The number of hydrogen-bond acceptors (Lipinski definition) is 3. The van der Waals surface area contributed by atoms with Gasteiger partial charge in [0.25, 0.3) is 0 Å². The summed E-state index contributed by atoms with van der Waals surface area (Å²) in [6.07, 6.45) is 2.94. The van der Waals surface area contributed by atoms with Gasteiger partial charge < -0.3 is 10.2 Å². The van der Waals surface area contributed by atoms with Crippen LogP contribution in [-0.4, -0.2) is 0 Å². The van der Waals surface area contributed by atoms with Crippen LogP contribution in [0.2, 0.25) is 0 Å². The molecule has 0 bridgehead atoms. The average Bonchev–Trinajstić information content (AvgIpc) is 1.68. The molecule has 0 aromatic rings. The summed E-state index contributed by atoms with van der Waals surface area (Å²) in [4.78, 5) is 4.18. The van der Waals surface area contributed by atoms with Gasteiger partial charge in [0.15, 0.2) is 0 Å². The summed E-state index contributed by atoms with van der Waals surface area (Å²) in [5, 5.41) is 2.77. The molecule has 0 atom stereocenters. The highest BCUT2D eigenvalue weighted by Gasteiger charge is 1.77. The summed E-state index contributed by atoms with van der Waals surface area (Å²) < 4.78 is 0. The van der Waals surface area contributed by atoms with Gasteiger partial charge in [-0.3, -0.25) is 0 Å². The minimum absolute atomic E-state index is 0.822. The molecule has 0 amide bonds. The fraction of sp³-hybridized carbons (Fsp3) is 0.200. The molecule has 0 aliphatic carbocycles. The molecule has 0 heterocycles. The monoisotopic (exact) mass is 114 g/mol. The van der Waals surface area contributed by atoms with Crippen LogP contribution in [-0.2, 0) is 4.84 Å². The van der Waals surface area contributed by atoms with Crippen LogP contribution in [0.5, 0.6) is 0 Å². The first-order valence-electron chi connectivity index (χ1n) is 2.21. The molecule has 0 aliphatic heterocycles.